The third-order valence-corrected chi connectivity index (χ3v) is 15.7. The summed E-state index contributed by atoms with van der Waals surface area (Å²) in [7, 11) is 0. The van der Waals surface area contributed by atoms with Gasteiger partial charge in [0, 0.05) is 19.3 Å². The maximum absolute atomic E-state index is 12.9. The normalized spacial score (nSPS) is 12.5. The molecule has 0 rings (SSSR count). The van der Waals surface area contributed by atoms with Crippen LogP contribution in [-0.4, -0.2) is 37.2 Å². The second kappa shape index (κ2) is 69.3. The molecular formula is C75H134O6. The van der Waals surface area contributed by atoms with Crippen molar-refractivity contribution >= 4 is 17.9 Å². The highest BCUT2D eigenvalue weighted by molar-refractivity contribution is 5.71. The molecule has 6 heteroatoms. The van der Waals surface area contributed by atoms with Gasteiger partial charge in [-0.1, -0.05) is 331 Å². The van der Waals surface area contributed by atoms with Gasteiger partial charge in [-0.15, -0.1) is 0 Å². The number of hydrogen-bond acceptors (Lipinski definition) is 6. The first-order valence-electron chi connectivity index (χ1n) is 35.4. The highest BCUT2D eigenvalue weighted by Gasteiger charge is 2.19. The van der Waals surface area contributed by atoms with Crippen LogP contribution in [0.2, 0.25) is 0 Å². The minimum atomic E-state index is -0.780. The minimum Gasteiger partial charge on any atom is -0.462 e. The molecule has 0 fully saturated rings. The Morgan fingerprint density at radius 2 is 0.481 bits per heavy atom. The lowest BCUT2D eigenvalue weighted by atomic mass is 10.0. The molecular weight excluding hydrogens is 997 g/mol. The molecule has 0 aromatic rings. The second-order valence-corrected chi connectivity index (χ2v) is 23.8. The molecule has 0 spiro atoms. The Kier molecular flexibility index (Phi) is 66.6. The smallest absolute Gasteiger partial charge is 0.306 e. The number of ether oxygens (including phenoxy) is 3. The Hall–Kier alpha value is -3.15. The number of allylic oxidation sites excluding steroid dienone is 12. The van der Waals surface area contributed by atoms with Crippen molar-refractivity contribution in [2.24, 2.45) is 0 Å². The first-order chi connectivity index (χ1) is 40.0. The Morgan fingerprint density at radius 3 is 0.765 bits per heavy atom. The van der Waals surface area contributed by atoms with Crippen LogP contribution in [0.25, 0.3) is 0 Å². The second-order valence-electron chi connectivity index (χ2n) is 23.8. The van der Waals surface area contributed by atoms with Gasteiger partial charge in [-0.25, -0.2) is 0 Å². The number of rotatable bonds is 65. The van der Waals surface area contributed by atoms with Gasteiger partial charge in [0.1, 0.15) is 13.2 Å². The van der Waals surface area contributed by atoms with Gasteiger partial charge < -0.3 is 14.2 Å². The van der Waals surface area contributed by atoms with E-state index < -0.39 is 6.10 Å². The summed E-state index contributed by atoms with van der Waals surface area (Å²) in [6.45, 7) is 6.56. The number of esters is 3. The fraction of sp³-hybridized carbons (Fsp3) is 0.800. The van der Waals surface area contributed by atoms with Crippen LogP contribution in [0.3, 0.4) is 0 Å². The van der Waals surface area contributed by atoms with E-state index in [1.54, 1.807) is 0 Å². The first kappa shape index (κ1) is 77.9. The summed E-state index contributed by atoms with van der Waals surface area (Å²) in [5, 5.41) is 0. The van der Waals surface area contributed by atoms with Crippen LogP contribution in [0.4, 0.5) is 0 Å². The summed E-state index contributed by atoms with van der Waals surface area (Å²) in [4.78, 5) is 38.4. The van der Waals surface area contributed by atoms with Gasteiger partial charge in [-0.2, -0.15) is 0 Å². The number of hydrogen-bond donors (Lipinski definition) is 0. The first-order valence-corrected chi connectivity index (χ1v) is 35.4. The molecule has 0 aromatic carbocycles. The van der Waals surface area contributed by atoms with E-state index in [0.717, 1.165) is 109 Å². The van der Waals surface area contributed by atoms with Crippen molar-refractivity contribution < 1.29 is 28.6 Å². The zero-order valence-corrected chi connectivity index (χ0v) is 54.1. The highest BCUT2D eigenvalue weighted by atomic mass is 16.6. The lowest BCUT2D eigenvalue weighted by Crippen LogP contribution is -2.30. The van der Waals surface area contributed by atoms with Gasteiger partial charge in [0.15, 0.2) is 6.10 Å². The van der Waals surface area contributed by atoms with Crippen molar-refractivity contribution in [3.05, 3.63) is 72.9 Å². The third-order valence-electron chi connectivity index (χ3n) is 15.7. The SMILES string of the molecule is CC/C=C\C/C=C\C/C=C\C/C=C\CCCCCCCCCCCCCCCCCCCCC(=O)OCC(COC(=O)CCCCCCCCCCCCCCCCCC)OC(=O)CCCCCCC/C=C\C/C=C\CCCCCC. The van der Waals surface area contributed by atoms with E-state index in [1.807, 2.05) is 0 Å². The van der Waals surface area contributed by atoms with Crippen LogP contribution < -0.4 is 0 Å². The standard InChI is InChI=1S/C75H134O6/c1-4-7-10-13-16-19-22-25-28-31-32-33-34-35-36-37-38-39-40-41-42-43-44-45-48-50-53-56-59-62-65-68-74(77)80-71-72(81-75(78)69-66-63-60-57-54-51-47-30-27-24-21-18-15-12-9-6-3)70-79-73(76)67-64-61-58-55-52-49-46-29-26-23-20-17-14-11-8-5-2/h7,10,16,19,21,24-25,28,30,32-33,47,72H,4-6,8-9,11-15,17-18,20,22-23,26-27,29,31,34-46,48-71H2,1-3H3/b10-7-,19-16-,24-21-,28-25-,33-32-,47-30-. The predicted octanol–water partition coefficient (Wildman–Crippen LogP) is 24.4. The van der Waals surface area contributed by atoms with Crippen LogP contribution in [0, 0.1) is 0 Å². The Bertz CT molecular complexity index is 1490. The third kappa shape index (κ3) is 67.5. The Labute approximate surface area is 503 Å². The van der Waals surface area contributed by atoms with Gasteiger partial charge in [-0.05, 0) is 89.9 Å². The average Bonchev–Trinajstić information content (AvgIpc) is 3.47. The van der Waals surface area contributed by atoms with Gasteiger partial charge in [0.05, 0.1) is 0 Å². The van der Waals surface area contributed by atoms with E-state index in [-0.39, 0.29) is 31.1 Å². The van der Waals surface area contributed by atoms with Crippen molar-refractivity contribution in [3.63, 3.8) is 0 Å². The molecule has 470 valence electrons. The summed E-state index contributed by atoms with van der Waals surface area (Å²) >= 11 is 0. The lowest BCUT2D eigenvalue weighted by Gasteiger charge is -2.18. The molecule has 6 nitrogen and oxygen atoms in total. The largest absolute Gasteiger partial charge is 0.462 e. The molecule has 0 saturated carbocycles. The quantitative estimate of drug-likeness (QED) is 0.0261. The predicted molar refractivity (Wildman–Crippen MR) is 353 cm³/mol. The summed E-state index contributed by atoms with van der Waals surface area (Å²) in [5.74, 6) is -0.865. The average molecular weight is 1130 g/mol. The van der Waals surface area contributed by atoms with E-state index in [1.165, 1.54) is 218 Å². The number of unbranched alkanes of at least 4 members (excludes halogenated alkanes) is 42. The van der Waals surface area contributed by atoms with Gasteiger partial charge in [-0.3, -0.25) is 14.4 Å². The van der Waals surface area contributed by atoms with Crippen molar-refractivity contribution in [1.29, 1.82) is 0 Å². The van der Waals surface area contributed by atoms with Crippen LogP contribution in [0.1, 0.15) is 367 Å². The molecule has 0 radical (unpaired) electrons. The maximum atomic E-state index is 12.9. The molecule has 0 aliphatic carbocycles. The van der Waals surface area contributed by atoms with Crippen LogP contribution in [0.5, 0.6) is 0 Å². The molecule has 0 bridgehead atoms. The molecule has 0 aromatic heterocycles. The van der Waals surface area contributed by atoms with Crippen molar-refractivity contribution in [1.82, 2.24) is 0 Å². The van der Waals surface area contributed by atoms with Crippen molar-refractivity contribution in [3.8, 4) is 0 Å². The molecule has 0 aliphatic rings. The van der Waals surface area contributed by atoms with E-state index in [4.69, 9.17) is 14.2 Å². The molecule has 0 heterocycles. The molecule has 0 saturated heterocycles. The van der Waals surface area contributed by atoms with Crippen LogP contribution >= 0.6 is 0 Å². The topological polar surface area (TPSA) is 78.9 Å². The summed E-state index contributed by atoms with van der Waals surface area (Å²) in [6, 6.07) is 0. The Morgan fingerprint density at radius 1 is 0.259 bits per heavy atom. The highest BCUT2D eigenvalue weighted by Crippen LogP contribution is 2.18. The number of carbonyl (C=O) groups excluding carboxylic acids is 3. The van der Waals surface area contributed by atoms with Gasteiger partial charge >= 0.3 is 17.9 Å². The summed E-state index contributed by atoms with van der Waals surface area (Å²) < 4.78 is 17.0. The lowest BCUT2D eigenvalue weighted by molar-refractivity contribution is -0.167. The van der Waals surface area contributed by atoms with Gasteiger partial charge in [0.25, 0.3) is 0 Å². The van der Waals surface area contributed by atoms with Crippen molar-refractivity contribution in [2.45, 2.75) is 374 Å². The molecule has 0 aliphatic heterocycles. The fourth-order valence-corrected chi connectivity index (χ4v) is 10.4. The zero-order valence-electron chi connectivity index (χ0n) is 54.1. The fourth-order valence-electron chi connectivity index (χ4n) is 10.4. The van der Waals surface area contributed by atoms with E-state index >= 15 is 0 Å². The van der Waals surface area contributed by atoms with E-state index in [9.17, 15) is 14.4 Å². The van der Waals surface area contributed by atoms with E-state index in [2.05, 4.69) is 93.7 Å². The van der Waals surface area contributed by atoms with Gasteiger partial charge in [0.2, 0.25) is 0 Å². The summed E-state index contributed by atoms with van der Waals surface area (Å²) in [5.41, 5.74) is 0. The molecule has 0 N–H and O–H groups in total. The summed E-state index contributed by atoms with van der Waals surface area (Å²) in [6.07, 6.45) is 90.7. The minimum absolute atomic E-state index is 0.0751. The monoisotopic (exact) mass is 1130 g/mol. The molecule has 81 heavy (non-hydrogen) atoms. The molecule has 1 atom stereocenters. The Balaban J connectivity index is 4.20. The zero-order chi connectivity index (χ0) is 58.5. The number of carbonyl (C=O) groups is 3. The molecule has 1 unspecified atom stereocenters. The van der Waals surface area contributed by atoms with E-state index in [0.29, 0.717) is 19.3 Å². The van der Waals surface area contributed by atoms with Crippen LogP contribution in [0.15, 0.2) is 72.9 Å². The van der Waals surface area contributed by atoms with Crippen LogP contribution in [-0.2, 0) is 28.6 Å². The molecule has 0 amide bonds. The van der Waals surface area contributed by atoms with Crippen molar-refractivity contribution in [2.75, 3.05) is 13.2 Å². The maximum Gasteiger partial charge on any atom is 0.306 e.